The maximum absolute atomic E-state index is 12.3. The van der Waals surface area contributed by atoms with Crippen LogP contribution in [0.1, 0.15) is 19.4 Å². The van der Waals surface area contributed by atoms with E-state index in [1.165, 1.54) is 12.7 Å². The number of aryl methyl sites for hydroxylation is 1. The third-order valence-corrected chi connectivity index (χ3v) is 6.83. The molecule has 1 N–H and O–H groups in total. The summed E-state index contributed by atoms with van der Waals surface area (Å²) in [6, 6.07) is 13.5. The maximum atomic E-state index is 12.3. The van der Waals surface area contributed by atoms with E-state index >= 15 is 0 Å². The fourth-order valence-electron chi connectivity index (χ4n) is 4.81. The molecule has 0 spiro atoms. The standard InChI is InChI=1S/C29H27N9O2/c1-4-5-27(39)37-13-12-36(16-20(37)3)25-9-7-23-28(35-25)29(32-17-30-23)34-21-6-8-24(19(2)14-21)40-22-10-11-38-26(15-22)31-18-33-38/h6-11,14-15,17-18,20H,12-13,16H2,1-3H3,(H,30,32,34)/t20-/m1/s1. The summed E-state index contributed by atoms with van der Waals surface area (Å²) in [6.45, 7) is 7.61. The topological polar surface area (TPSA) is 114 Å². The van der Waals surface area contributed by atoms with Crippen LogP contribution >= 0.6 is 0 Å². The van der Waals surface area contributed by atoms with Crippen molar-refractivity contribution in [2.75, 3.05) is 29.9 Å². The number of amides is 1. The highest BCUT2D eigenvalue weighted by molar-refractivity contribution is 5.94. The van der Waals surface area contributed by atoms with Crippen LogP contribution in [0.25, 0.3) is 16.7 Å². The Bertz CT molecular complexity index is 1790. The first kappa shape index (κ1) is 25.1. The number of anilines is 3. The minimum Gasteiger partial charge on any atom is -0.457 e. The van der Waals surface area contributed by atoms with Crippen molar-refractivity contribution < 1.29 is 9.53 Å². The number of ether oxygens (including phenoxy) is 1. The molecule has 6 rings (SSSR count). The van der Waals surface area contributed by atoms with Gasteiger partial charge in [-0.15, -0.1) is 0 Å². The van der Waals surface area contributed by atoms with Gasteiger partial charge < -0.3 is 19.9 Å². The summed E-state index contributed by atoms with van der Waals surface area (Å²) in [6.07, 6.45) is 4.84. The van der Waals surface area contributed by atoms with Crippen molar-refractivity contribution in [3.8, 4) is 23.3 Å². The van der Waals surface area contributed by atoms with E-state index < -0.39 is 0 Å². The minimum absolute atomic E-state index is 0.0196. The van der Waals surface area contributed by atoms with Gasteiger partial charge in [-0.1, -0.05) is 5.92 Å². The van der Waals surface area contributed by atoms with E-state index in [0.717, 1.165) is 28.3 Å². The number of rotatable bonds is 5. The average molecular weight is 534 g/mol. The molecule has 0 unspecified atom stereocenters. The number of carbonyl (C=O) groups is 1. The molecule has 1 aliphatic rings. The first-order valence-electron chi connectivity index (χ1n) is 12.9. The van der Waals surface area contributed by atoms with Crippen LogP contribution in [0.5, 0.6) is 11.5 Å². The number of pyridine rings is 2. The molecule has 0 aliphatic carbocycles. The van der Waals surface area contributed by atoms with Crippen LogP contribution < -0.4 is 15.0 Å². The molecule has 11 heteroatoms. The van der Waals surface area contributed by atoms with Crippen molar-refractivity contribution in [1.82, 2.24) is 34.4 Å². The second-order valence-corrected chi connectivity index (χ2v) is 9.56. The van der Waals surface area contributed by atoms with Gasteiger partial charge in [-0.3, -0.25) is 4.79 Å². The Morgan fingerprint density at radius 3 is 2.80 bits per heavy atom. The van der Waals surface area contributed by atoms with Crippen molar-refractivity contribution in [3.05, 3.63) is 66.9 Å². The fourth-order valence-corrected chi connectivity index (χ4v) is 4.81. The number of nitrogens with one attached hydrogen (secondary N) is 1. The largest absolute Gasteiger partial charge is 0.457 e. The van der Waals surface area contributed by atoms with Crippen LogP contribution in [0.15, 0.2) is 61.3 Å². The lowest BCUT2D eigenvalue weighted by atomic mass is 10.2. The van der Waals surface area contributed by atoms with Crippen LogP contribution in [-0.4, -0.2) is 66.0 Å². The molecular weight excluding hydrogens is 506 g/mol. The molecule has 4 aromatic heterocycles. The lowest BCUT2D eigenvalue weighted by Gasteiger charge is -2.39. The van der Waals surface area contributed by atoms with Gasteiger partial charge in [0.05, 0.1) is 5.52 Å². The molecule has 1 atom stereocenters. The molecule has 11 nitrogen and oxygen atoms in total. The van der Waals surface area contributed by atoms with Gasteiger partial charge in [-0.25, -0.2) is 24.5 Å². The monoisotopic (exact) mass is 533 g/mol. The summed E-state index contributed by atoms with van der Waals surface area (Å²) in [5.74, 6) is 8.05. The molecule has 5 aromatic rings. The molecule has 0 radical (unpaired) electrons. The third kappa shape index (κ3) is 4.94. The zero-order chi connectivity index (χ0) is 27.6. The Morgan fingerprint density at radius 1 is 1.07 bits per heavy atom. The van der Waals surface area contributed by atoms with Crippen molar-refractivity contribution >= 4 is 39.9 Å². The van der Waals surface area contributed by atoms with Crippen molar-refractivity contribution in [3.63, 3.8) is 0 Å². The van der Waals surface area contributed by atoms with Crippen LogP contribution in [0.3, 0.4) is 0 Å². The quantitative estimate of drug-likeness (QED) is 0.335. The zero-order valence-electron chi connectivity index (χ0n) is 22.4. The van der Waals surface area contributed by atoms with E-state index in [1.54, 1.807) is 11.4 Å². The smallest absolute Gasteiger partial charge is 0.298 e. The number of benzene rings is 1. The first-order valence-corrected chi connectivity index (χ1v) is 12.9. The Hall–Kier alpha value is -5.24. The number of hydrogen-bond donors (Lipinski definition) is 1. The molecule has 0 saturated carbocycles. The van der Waals surface area contributed by atoms with Crippen LogP contribution in [0, 0.1) is 18.8 Å². The van der Waals surface area contributed by atoms with Gasteiger partial charge in [-0.2, -0.15) is 5.10 Å². The predicted molar refractivity (Wildman–Crippen MR) is 152 cm³/mol. The van der Waals surface area contributed by atoms with Crippen LogP contribution in [-0.2, 0) is 4.79 Å². The number of piperazine rings is 1. The third-order valence-electron chi connectivity index (χ3n) is 6.83. The minimum atomic E-state index is -0.135. The second-order valence-electron chi connectivity index (χ2n) is 9.56. The van der Waals surface area contributed by atoms with Gasteiger partial charge in [0.15, 0.2) is 11.5 Å². The Labute approximate surface area is 230 Å². The lowest BCUT2D eigenvalue weighted by Crippen LogP contribution is -2.54. The van der Waals surface area contributed by atoms with Crippen molar-refractivity contribution in [2.24, 2.45) is 0 Å². The molecule has 1 saturated heterocycles. The number of aromatic nitrogens is 6. The van der Waals surface area contributed by atoms with Gasteiger partial charge in [0, 0.05) is 43.6 Å². The Morgan fingerprint density at radius 2 is 1.98 bits per heavy atom. The Kier molecular flexibility index (Phi) is 6.57. The summed E-state index contributed by atoms with van der Waals surface area (Å²) in [5.41, 5.74) is 3.92. The average Bonchev–Trinajstić information content (AvgIpc) is 3.42. The molecule has 0 bridgehead atoms. The number of nitrogens with zero attached hydrogens (tertiary/aromatic N) is 8. The lowest BCUT2D eigenvalue weighted by molar-refractivity contribution is -0.127. The van der Waals surface area contributed by atoms with Gasteiger partial charge >= 0.3 is 0 Å². The number of carbonyl (C=O) groups excluding carboxylic acids is 1. The summed E-state index contributed by atoms with van der Waals surface area (Å²) in [4.78, 5) is 34.3. The van der Waals surface area contributed by atoms with Gasteiger partial charge in [0.25, 0.3) is 5.91 Å². The van der Waals surface area contributed by atoms with Crippen LogP contribution in [0.2, 0.25) is 0 Å². The summed E-state index contributed by atoms with van der Waals surface area (Å²) in [7, 11) is 0. The van der Waals surface area contributed by atoms with Gasteiger partial charge in [0.1, 0.15) is 35.5 Å². The van der Waals surface area contributed by atoms with Gasteiger partial charge in [-0.05, 0) is 68.7 Å². The predicted octanol–water partition coefficient (Wildman–Crippen LogP) is 3.97. The van der Waals surface area contributed by atoms with E-state index in [2.05, 4.69) is 42.1 Å². The fraction of sp³-hybridized carbons (Fsp3) is 0.241. The normalized spacial score (nSPS) is 15.1. The Balaban J connectivity index is 1.21. The van der Waals surface area contributed by atoms with E-state index in [-0.39, 0.29) is 11.9 Å². The van der Waals surface area contributed by atoms with Crippen LogP contribution in [0.4, 0.5) is 17.3 Å². The highest BCUT2D eigenvalue weighted by atomic mass is 16.5. The second kappa shape index (κ2) is 10.5. The zero-order valence-corrected chi connectivity index (χ0v) is 22.4. The number of fused-ring (bicyclic) bond motifs is 2. The molecule has 5 heterocycles. The van der Waals surface area contributed by atoms with Crippen molar-refractivity contribution in [2.45, 2.75) is 26.8 Å². The summed E-state index contributed by atoms with van der Waals surface area (Å²) >= 11 is 0. The van der Waals surface area contributed by atoms with E-state index in [1.807, 2.05) is 67.4 Å². The molecule has 1 aromatic carbocycles. The highest BCUT2D eigenvalue weighted by Crippen LogP contribution is 2.30. The summed E-state index contributed by atoms with van der Waals surface area (Å²) in [5, 5.41) is 7.51. The SMILES string of the molecule is CC#CC(=O)N1CCN(c2ccc3ncnc(Nc4ccc(Oc5ccn6ncnc6c5)c(C)c4)c3n2)C[C@H]1C. The number of hydrogen-bond acceptors (Lipinski definition) is 9. The first-order chi connectivity index (χ1) is 19.5. The molecule has 1 amide bonds. The van der Waals surface area contributed by atoms with E-state index in [4.69, 9.17) is 9.72 Å². The van der Waals surface area contributed by atoms with Gasteiger partial charge in [0.2, 0.25) is 0 Å². The van der Waals surface area contributed by atoms with E-state index in [0.29, 0.717) is 42.4 Å². The molecule has 1 aliphatic heterocycles. The highest BCUT2D eigenvalue weighted by Gasteiger charge is 2.27. The maximum Gasteiger partial charge on any atom is 0.298 e. The van der Waals surface area contributed by atoms with Crippen molar-refractivity contribution in [1.29, 1.82) is 0 Å². The summed E-state index contributed by atoms with van der Waals surface area (Å²) < 4.78 is 7.79. The molecule has 200 valence electrons. The molecule has 40 heavy (non-hydrogen) atoms. The molecule has 1 fully saturated rings. The van der Waals surface area contributed by atoms with E-state index in [9.17, 15) is 4.79 Å². The molecular formula is C29H27N9O2.